The number of carbonyl (C=O) groups excluding carboxylic acids is 2. The first-order valence-corrected chi connectivity index (χ1v) is 11.9. The van der Waals surface area contributed by atoms with Gasteiger partial charge < -0.3 is 20.4 Å². The Morgan fingerprint density at radius 1 is 0.912 bits per heavy atom. The van der Waals surface area contributed by atoms with Gasteiger partial charge in [0.2, 0.25) is 5.91 Å². The zero-order valence-electron chi connectivity index (χ0n) is 18.9. The third-order valence-electron chi connectivity index (χ3n) is 6.65. The maximum Gasteiger partial charge on any atom is 0.320 e. The number of hydrogen-bond donors (Lipinski definition) is 2. The van der Waals surface area contributed by atoms with Crippen LogP contribution in [0.5, 0.6) is 0 Å². The number of aryl methyl sites for hydroxylation is 1. The molecule has 0 aromatic heterocycles. The minimum atomic E-state index is -0.763. The Bertz CT molecular complexity index is 1170. The molecule has 3 aromatic carbocycles. The number of likely N-dealkylation sites (tertiary alicyclic amines) is 1. The minimum Gasteiger partial charge on any atom is -0.365 e. The molecule has 2 fully saturated rings. The van der Waals surface area contributed by atoms with Crippen LogP contribution in [0.25, 0.3) is 0 Å². The largest absolute Gasteiger partial charge is 0.365 e. The molecule has 2 heterocycles. The van der Waals surface area contributed by atoms with Crippen LogP contribution in [-0.4, -0.2) is 42.0 Å². The van der Waals surface area contributed by atoms with Crippen molar-refractivity contribution >= 4 is 34.9 Å². The average Bonchev–Trinajstić information content (AvgIpc) is 3.46. The molecule has 3 atom stereocenters. The highest BCUT2D eigenvalue weighted by atomic mass is 35.5. The van der Waals surface area contributed by atoms with Crippen LogP contribution in [0.3, 0.4) is 0 Å². The van der Waals surface area contributed by atoms with Crippen LogP contribution in [0.4, 0.5) is 16.2 Å². The molecule has 2 bridgehead atoms. The van der Waals surface area contributed by atoms with Gasteiger partial charge >= 0.3 is 6.03 Å². The molecule has 2 saturated heterocycles. The van der Waals surface area contributed by atoms with Gasteiger partial charge in [-0.25, -0.2) is 4.79 Å². The van der Waals surface area contributed by atoms with E-state index < -0.39 is 12.1 Å². The second-order valence-corrected chi connectivity index (χ2v) is 9.41. The summed E-state index contributed by atoms with van der Waals surface area (Å²) in [5, 5.41) is 6.28. The molecule has 2 aliphatic rings. The highest BCUT2D eigenvalue weighted by Crippen LogP contribution is 2.36. The molecule has 174 valence electrons. The molecule has 7 heteroatoms. The predicted octanol–water partition coefficient (Wildman–Crippen LogP) is 5.00. The molecule has 2 unspecified atom stereocenters. The molecule has 5 rings (SSSR count). The number of amides is 3. The van der Waals surface area contributed by atoms with Crippen LogP contribution in [0.1, 0.15) is 23.6 Å². The first kappa shape index (κ1) is 22.3. The fourth-order valence-corrected chi connectivity index (χ4v) is 5.05. The Morgan fingerprint density at radius 3 is 2.26 bits per heavy atom. The van der Waals surface area contributed by atoms with E-state index in [4.69, 9.17) is 11.6 Å². The Hall–Kier alpha value is -3.51. The van der Waals surface area contributed by atoms with E-state index in [-0.39, 0.29) is 18.0 Å². The van der Waals surface area contributed by atoms with Gasteiger partial charge in [0.25, 0.3) is 0 Å². The van der Waals surface area contributed by atoms with E-state index >= 15 is 0 Å². The lowest BCUT2D eigenvalue weighted by molar-refractivity contribution is -0.134. The van der Waals surface area contributed by atoms with Crippen molar-refractivity contribution in [3.05, 3.63) is 95.0 Å². The van der Waals surface area contributed by atoms with Crippen molar-refractivity contribution < 1.29 is 9.59 Å². The second-order valence-electron chi connectivity index (χ2n) is 8.97. The van der Waals surface area contributed by atoms with E-state index in [9.17, 15) is 9.59 Å². The maximum atomic E-state index is 13.7. The monoisotopic (exact) mass is 474 g/mol. The molecule has 6 nitrogen and oxygen atoms in total. The summed E-state index contributed by atoms with van der Waals surface area (Å²) >= 11 is 5.93. The standard InChI is InChI=1S/C27H27ClN4O2/c1-18-7-13-22(14-8-18)31-16-24-15-23(31)17-32(24)26(33)25(19-5-3-2-4-6-19)30-27(34)29-21-11-9-20(28)10-12-21/h2-14,23-25H,15-17H2,1H3,(H2,29,30,34)/t23?,24?,25-/m1/s1. The van der Waals surface area contributed by atoms with Crippen molar-refractivity contribution in [2.24, 2.45) is 0 Å². The highest BCUT2D eigenvalue weighted by molar-refractivity contribution is 6.30. The lowest BCUT2D eigenvalue weighted by Gasteiger charge is -2.37. The number of nitrogens with one attached hydrogen (secondary N) is 2. The van der Waals surface area contributed by atoms with Gasteiger partial charge in [0.05, 0.1) is 6.04 Å². The van der Waals surface area contributed by atoms with E-state index in [1.54, 1.807) is 24.3 Å². The summed E-state index contributed by atoms with van der Waals surface area (Å²) in [4.78, 5) is 30.8. The molecule has 3 aromatic rings. The van der Waals surface area contributed by atoms with Crippen molar-refractivity contribution in [2.45, 2.75) is 31.5 Å². The SMILES string of the molecule is Cc1ccc(N2CC3CC2CN3C(=O)[C@H](NC(=O)Nc2ccc(Cl)cc2)c2ccccc2)cc1. The molecule has 2 aliphatic heterocycles. The maximum absolute atomic E-state index is 13.7. The third-order valence-corrected chi connectivity index (χ3v) is 6.90. The number of urea groups is 1. The van der Waals surface area contributed by atoms with Crippen LogP contribution < -0.4 is 15.5 Å². The Labute approximate surface area is 204 Å². The number of halogens is 1. The predicted molar refractivity (Wildman–Crippen MR) is 135 cm³/mol. The Balaban J connectivity index is 1.30. The van der Waals surface area contributed by atoms with Crippen molar-refractivity contribution in [1.29, 1.82) is 0 Å². The molecular formula is C27H27ClN4O2. The van der Waals surface area contributed by atoms with E-state index in [1.165, 1.54) is 11.3 Å². The highest BCUT2D eigenvalue weighted by Gasteiger charge is 2.47. The fourth-order valence-electron chi connectivity index (χ4n) is 4.92. The molecule has 2 N–H and O–H groups in total. The number of rotatable bonds is 5. The van der Waals surface area contributed by atoms with E-state index in [0.717, 1.165) is 18.5 Å². The first-order chi connectivity index (χ1) is 16.5. The van der Waals surface area contributed by atoms with Gasteiger partial charge in [-0.05, 0) is 55.3 Å². The summed E-state index contributed by atoms with van der Waals surface area (Å²) in [6.07, 6.45) is 0.943. The molecule has 3 amide bonds. The third kappa shape index (κ3) is 4.59. The lowest BCUT2D eigenvalue weighted by atomic mass is 10.0. The van der Waals surface area contributed by atoms with Gasteiger partial charge in [-0.15, -0.1) is 0 Å². The number of benzene rings is 3. The second kappa shape index (κ2) is 9.39. The van der Waals surface area contributed by atoms with Crippen molar-refractivity contribution in [2.75, 3.05) is 23.3 Å². The van der Waals surface area contributed by atoms with E-state index in [2.05, 4.69) is 46.7 Å². The number of hydrogen-bond acceptors (Lipinski definition) is 3. The normalized spacial score (nSPS) is 19.7. The van der Waals surface area contributed by atoms with Crippen molar-refractivity contribution in [3.8, 4) is 0 Å². The summed E-state index contributed by atoms with van der Waals surface area (Å²) in [6, 6.07) is 24.0. The van der Waals surface area contributed by atoms with Crippen molar-refractivity contribution in [3.63, 3.8) is 0 Å². The van der Waals surface area contributed by atoms with Gasteiger partial charge in [0, 0.05) is 35.5 Å². The number of nitrogens with zero attached hydrogens (tertiary/aromatic N) is 2. The Kier molecular flexibility index (Phi) is 6.16. The van der Waals surface area contributed by atoms with Gasteiger partial charge in [0.15, 0.2) is 0 Å². The minimum absolute atomic E-state index is 0.0755. The smallest absolute Gasteiger partial charge is 0.320 e. The molecule has 0 saturated carbocycles. The van der Waals surface area contributed by atoms with Crippen molar-refractivity contribution in [1.82, 2.24) is 10.2 Å². The number of fused-ring (bicyclic) bond motifs is 2. The molecule has 0 radical (unpaired) electrons. The van der Waals surface area contributed by atoms with Gasteiger partial charge in [-0.2, -0.15) is 0 Å². The average molecular weight is 475 g/mol. The van der Waals surface area contributed by atoms with Crippen LogP contribution in [0, 0.1) is 6.92 Å². The quantitative estimate of drug-likeness (QED) is 0.547. The van der Waals surface area contributed by atoms with Crippen LogP contribution in [-0.2, 0) is 4.79 Å². The summed E-state index contributed by atoms with van der Waals surface area (Å²) < 4.78 is 0. The summed E-state index contributed by atoms with van der Waals surface area (Å²) in [7, 11) is 0. The van der Waals surface area contributed by atoms with Crippen LogP contribution >= 0.6 is 11.6 Å². The molecule has 0 spiro atoms. The first-order valence-electron chi connectivity index (χ1n) is 11.5. The van der Waals surface area contributed by atoms with Gasteiger partial charge in [-0.1, -0.05) is 59.6 Å². The topological polar surface area (TPSA) is 64.7 Å². The summed E-state index contributed by atoms with van der Waals surface area (Å²) in [5.41, 5.74) is 3.80. The zero-order chi connectivity index (χ0) is 23.7. The Morgan fingerprint density at radius 2 is 1.62 bits per heavy atom. The number of carbonyl (C=O) groups is 2. The summed E-state index contributed by atoms with van der Waals surface area (Å²) in [6.45, 7) is 3.54. The summed E-state index contributed by atoms with van der Waals surface area (Å²) in [5.74, 6) is -0.0755. The number of anilines is 2. The zero-order valence-corrected chi connectivity index (χ0v) is 19.7. The van der Waals surface area contributed by atoms with E-state index in [0.29, 0.717) is 17.3 Å². The van der Waals surface area contributed by atoms with E-state index in [1.807, 2.05) is 35.2 Å². The van der Waals surface area contributed by atoms with Gasteiger partial charge in [-0.3, -0.25) is 4.79 Å². The van der Waals surface area contributed by atoms with Gasteiger partial charge in [0.1, 0.15) is 6.04 Å². The van der Waals surface area contributed by atoms with Crippen LogP contribution in [0.15, 0.2) is 78.9 Å². The van der Waals surface area contributed by atoms with Crippen LogP contribution in [0.2, 0.25) is 5.02 Å². The molecule has 0 aliphatic carbocycles. The lowest BCUT2D eigenvalue weighted by Crippen LogP contribution is -2.52. The fraction of sp³-hybridized carbons (Fsp3) is 0.259. The molecule has 34 heavy (non-hydrogen) atoms. The number of piperazine rings is 1. The molecular weight excluding hydrogens is 448 g/mol.